The predicted octanol–water partition coefficient (Wildman–Crippen LogP) is 4.00. The van der Waals surface area contributed by atoms with Crippen molar-refractivity contribution in [1.29, 1.82) is 0 Å². The first kappa shape index (κ1) is 12.1. The second-order valence-electron chi connectivity index (χ2n) is 3.75. The molecular weight excluding hydrogens is 259 g/mol. The lowest BCUT2D eigenvalue weighted by Gasteiger charge is -2.05. The maximum absolute atomic E-state index is 9.30. The molecule has 0 amide bonds. The molecule has 2 N–H and O–H groups in total. The topological polar surface area (TPSA) is 40.5 Å². The Morgan fingerprint density at radius 1 is 0.765 bits per heavy atom. The van der Waals surface area contributed by atoms with Crippen LogP contribution in [-0.2, 0) is 6.42 Å². The van der Waals surface area contributed by atoms with Gasteiger partial charge in [0.15, 0.2) is 0 Å². The van der Waals surface area contributed by atoms with E-state index in [1.165, 1.54) is 0 Å². The van der Waals surface area contributed by atoms with Gasteiger partial charge in [-0.2, -0.15) is 0 Å². The molecule has 88 valence electrons. The van der Waals surface area contributed by atoms with E-state index in [-0.39, 0.29) is 11.5 Å². The summed E-state index contributed by atoms with van der Waals surface area (Å²) in [5, 5.41) is 19.3. The second kappa shape index (κ2) is 4.86. The van der Waals surface area contributed by atoms with Gasteiger partial charge in [0.1, 0.15) is 11.5 Å². The molecule has 2 nitrogen and oxygen atoms in total. The highest BCUT2D eigenvalue weighted by atomic mass is 35.5. The summed E-state index contributed by atoms with van der Waals surface area (Å²) in [6, 6.07) is 10.1. The van der Waals surface area contributed by atoms with E-state index in [0.29, 0.717) is 16.5 Å². The number of hydrogen-bond acceptors (Lipinski definition) is 2. The average Bonchev–Trinajstić information content (AvgIpc) is 2.29. The van der Waals surface area contributed by atoms with Crippen LogP contribution in [0, 0.1) is 0 Å². The number of benzene rings is 2. The molecule has 0 fully saturated rings. The quantitative estimate of drug-likeness (QED) is 0.865. The maximum Gasteiger partial charge on any atom is 0.134 e. The molecule has 0 spiro atoms. The molecule has 2 rings (SSSR count). The molecule has 0 radical (unpaired) electrons. The monoisotopic (exact) mass is 268 g/mol. The molecule has 0 aliphatic carbocycles. The van der Waals surface area contributed by atoms with Crippen LogP contribution in [0.2, 0.25) is 10.0 Å². The van der Waals surface area contributed by atoms with Crippen LogP contribution in [0.1, 0.15) is 11.1 Å². The smallest absolute Gasteiger partial charge is 0.134 e. The summed E-state index contributed by atoms with van der Waals surface area (Å²) in [7, 11) is 0. The molecule has 0 aliphatic heterocycles. The molecule has 0 bridgehead atoms. The van der Waals surface area contributed by atoms with Crippen molar-refractivity contribution in [3.8, 4) is 11.5 Å². The van der Waals surface area contributed by atoms with Crippen molar-refractivity contribution in [3.63, 3.8) is 0 Å². The van der Waals surface area contributed by atoms with Crippen molar-refractivity contribution < 1.29 is 10.2 Å². The molecule has 0 atom stereocenters. The minimum absolute atomic E-state index is 0.0687. The predicted molar refractivity (Wildman–Crippen MR) is 69.0 cm³/mol. The number of aromatic hydroxyl groups is 2. The van der Waals surface area contributed by atoms with Crippen LogP contribution < -0.4 is 0 Å². The number of phenolic OH excluding ortho intramolecular Hbond substituents is 2. The highest BCUT2D eigenvalue weighted by molar-refractivity contribution is 6.32. The molecule has 0 aromatic heterocycles. The Morgan fingerprint density at radius 2 is 1.18 bits per heavy atom. The minimum atomic E-state index is 0.0687. The molecule has 0 saturated carbocycles. The lowest BCUT2D eigenvalue weighted by molar-refractivity contribution is 0.475. The van der Waals surface area contributed by atoms with E-state index in [1.54, 1.807) is 36.4 Å². The number of hydrogen-bond donors (Lipinski definition) is 2. The van der Waals surface area contributed by atoms with E-state index >= 15 is 0 Å². The van der Waals surface area contributed by atoms with E-state index < -0.39 is 0 Å². The van der Waals surface area contributed by atoms with E-state index in [1.807, 2.05) is 0 Å². The van der Waals surface area contributed by atoms with Crippen LogP contribution >= 0.6 is 23.2 Å². The fourth-order valence-corrected chi connectivity index (χ4v) is 1.96. The number of phenols is 2. The summed E-state index contributed by atoms with van der Waals surface area (Å²) in [5.41, 5.74) is 1.93. The zero-order valence-corrected chi connectivity index (χ0v) is 10.3. The lowest BCUT2D eigenvalue weighted by Crippen LogP contribution is -1.88. The third-order valence-electron chi connectivity index (χ3n) is 2.43. The molecule has 2 aromatic carbocycles. The normalized spacial score (nSPS) is 10.5. The first-order chi connectivity index (χ1) is 8.06. The first-order valence-electron chi connectivity index (χ1n) is 5.01. The van der Waals surface area contributed by atoms with Crippen LogP contribution in [-0.4, -0.2) is 10.2 Å². The van der Waals surface area contributed by atoms with Crippen molar-refractivity contribution in [2.75, 3.05) is 0 Å². The lowest BCUT2D eigenvalue weighted by atomic mass is 10.0. The minimum Gasteiger partial charge on any atom is -0.506 e. The van der Waals surface area contributed by atoms with E-state index in [4.69, 9.17) is 23.2 Å². The van der Waals surface area contributed by atoms with Gasteiger partial charge < -0.3 is 10.2 Å². The highest BCUT2D eigenvalue weighted by Gasteiger charge is 2.04. The highest BCUT2D eigenvalue weighted by Crippen LogP contribution is 2.27. The van der Waals surface area contributed by atoms with Gasteiger partial charge in [-0.25, -0.2) is 0 Å². The van der Waals surface area contributed by atoms with Crippen LogP contribution in [0.25, 0.3) is 0 Å². The van der Waals surface area contributed by atoms with Gasteiger partial charge in [0, 0.05) is 0 Å². The largest absolute Gasteiger partial charge is 0.506 e. The Balaban J connectivity index is 2.25. The van der Waals surface area contributed by atoms with E-state index in [9.17, 15) is 10.2 Å². The van der Waals surface area contributed by atoms with Crippen LogP contribution in [0.4, 0.5) is 0 Å². The van der Waals surface area contributed by atoms with Crippen LogP contribution in [0.5, 0.6) is 11.5 Å². The zero-order chi connectivity index (χ0) is 12.4. The summed E-state index contributed by atoms with van der Waals surface area (Å²) in [4.78, 5) is 0. The zero-order valence-electron chi connectivity index (χ0n) is 8.82. The van der Waals surface area contributed by atoms with Gasteiger partial charge in [0.25, 0.3) is 0 Å². The van der Waals surface area contributed by atoms with Gasteiger partial charge in [0.2, 0.25) is 0 Å². The van der Waals surface area contributed by atoms with Crippen molar-refractivity contribution >= 4 is 23.2 Å². The van der Waals surface area contributed by atoms with Gasteiger partial charge in [-0.05, 0) is 41.8 Å². The summed E-state index contributed by atoms with van der Waals surface area (Å²) in [5.74, 6) is 0.137. The summed E-state index contributed by atoms with van der Waals surface area (Å²) >= 11 is 11.6. The molecule has 0 heterocycles. The summed E-state index contributed by atoms with van der Waals surface area (Å²) < 4.78 is 0. The second-order valence-corrected chi connectivity index (χ2v) is 4.56. The molecular formula is C13H10Cl2O2. The third-order valence-corrected chi connectivity index (χ3v) is 3.04. The Kier molecular flexibility index (Phi) is 3.46. The van der Waals surface area contributed by atoms with Crippen molar-refractivity contribution in [3.05, 3.63) is 57.6 Å². The van der Waals surface area contributed by atoms with Gasteiger partial charge in [0.05, 0.1) is 10.0 Å². The Labute approximate surface area is 109 Å². The van der Waals surface area contributed by atoms with Gasteiger partial charge >= 0.3 is 0 Å². The molecule has 0 saturated heterocycles. The van der Waals surface area contributed by atoms with Crippen LogP contribution in [0.15, 0.2) is 36.4 Å². The maximum atomic E-state index is 9.30. The Morgan fingerprint density at radius 3 is 1.53 bits per heavy atom. The van der Waals surface area contributed by atoms with Crippen molar-refractivity contribution in [2.45, 2.75) is 6.42 Å². The van der Waals surface area contributed by atoms with Gasteiger partial charge in [-0.1, -0.05) is 35.3 Å². The number of rotatable bonds is 2. The van der Waals surface area contributed by atoms with Crippen LogP contribution in [0.3, 0.4) is 0 Å². The van der Waals surface area contributed by atoms with Crippen molar-refractivity contribution in [2.24, 2.45) is 0 Å². The first-order valence-corrected chi connectivity index (χ1v) is 5.76. The van der Waals surface area contributed by atoms with E-state index in [2.05, 4.69) is 0 Å². The fraction of sp³-hybridized carbons (Fsp3) is 0.0769. The standard InChI is InChI=1S/C13H10Cl2O2/c14-10-6-8(1-3-12(10)16)5-9-2-4-13(17)11(15)7-9/h1-4,6-7,16-17H,5H2. The van der Waals surface area contributed by atoms with E-state index in [0.717, 1.165) is 11.1 Å². The molecule has 4 heteroatoms. The Hall–Kier alpha value is -1.38. The third kappa shape index (κ3) is 2.84. The van der Waals surface area contributed by atoms with Gasteiger partial charge in [-0.15, -0.1) is 0 Å². The fourth-order valence-electron chi connectivity index (χ4n) is 1.56. The summed E-state index contributed by atoms with van der Waals surface area (Å²) in [6.07, 6.45) is 0.639. The molecule has 0 unspecified atom stereocenters. The summed E-state index contributed by atoms with van der Waals surface area (Å²) in [6.45, 7) is 0. The van der Waals surface area contributed by atoms with Gasteiger partial charge in [-0.3, -0.25) is 0 Å². The average molecular weight is 269 g/mol. The Bertz CT molecular complexity index is 504. The SMILES string of the molecule is Oc1ccc(Cc2ccc(O)c(Cl)c2)cc1Cl. The molecule has 0 aliphatic rings. The number of halogens is 2. The molecule has 17 heavy (non-hydrogen) atoms. The molecule has 2 aromatic rings. The van der Waals surface area contributed by atoms with Crippen molar-refractivity contribution in [1.82, 2.24) is 0 Å².